The van der Waals surface area contributed by atoms with Crippen LogP contribution in [-0.2, 0) is 11.3 Å². The molecule has 4 rings (SSSR count). The number of nitrogens with one attached hydrogen (secondary N) is 2. The molecule has 1 spiro atoms. The molecule has 5 heteroatoms. The molecule has 24 heavy (non-hydrogen) atoms. The van der Waals surface area contributed by atoms with E-state index < -0.39 is 0 Å². The maximum atomic E-state index is 12.6. The number of thioether (sulfide) groups is 1. The topological polar surface area (TPSA) is 44.4 Å². The minimum atomic E-state index is 0.224. The highest BCUT2D eigenvalue weighted by atomic mass is 32.2. The minimum Gasteiger partial charge on any atom is -0.326 e. The highest BCUT2D eigenvalue weighted by Crippen LogP contribution is 2.58. The Morgan fingerprint density at radius 2 is 2.08 bits per heavy atom. The fourth-order valence-electron chi connectivity index (χ4n) is 4.19. The van der Waals surface area contributed by atoms with Crippen molar-refractivity contribution in [1.82, 2.24) is 10.2 Å². The van der Waals surface area contributed by atoms with Crippen molar-refractivity contribution in [3.63, 3.8) is 0 Å². The number of amides is 1. The molecule has 1 atom stereocenters. The van der Waals surface area contributed by atoms with E-state index in [1.54, 1.807) is 0 Å². The minimum absolute atomic E-state index is 0.224. The number of rotatable bonds is 4. The van der Waals surface area contributed by atoms with Crippen LogP contribution in [0, 0.1) is 11.3 Å². The highest BCUT2D eigenvalue weighted by Gasteiger charge is 2.57. The molecule has 3 aliphatic rings. The number of carbonyl (C=O) groups excluding carboxylic acids is 1. The molecule has 2 aliphatic heterocycles. The standard InChI is InChI=1S/C19H27N3OS/c23-18(17-13-19(17)4-6-20-7-5-19)21-16-3-1-2-15(12-16)14-22-8-10-24-11-9-22/h1-3,12,17,20H,4-11,13-14H2,(H,21,23). The van der Waals surface area contributed by atoms with E-state index in [1.807, 2.05) is 17.8 Å². The molecule has 130 valence electrons. The van der Waals surface area contributed by atoms with E-state index >= 15 is 0 Å². The predicted octanol–water partition coefficient (Wildman–Crippen LogP) is 2.56. The van der Waals surface area contributed by atoms with E-state index in [0.29, 0.717) is 5.41 Å². The number of benzene rings is 1. The third kappa shape index (κ3) is 3.63. The first-order valence-electron chi connectivity index (χ1n) is 9.16. The predicted molar refractivity (Wildman–Crippen MR) is 100 cm³/mol. The maximum absolute atomic E-state index is 12.6. The first kappa shape index (κ1) is 16.4. The van der Waals surface area contributed by atoms with E-state index in [1.165, 1.54) is 30.2 Å². The molecule has 1 amide bonds. The number of hydrogen-bond acceptors (Lipinski definition) is 4. The summed E-state index contributed by atoms with van der Waals surface area (Å²) in [5, 5.41) is 6.57. The van der Waals surface area contributed by atoms with Gasteiger partial charge in [-0.1, -0.05) is 12.1 Å². The lowest BCUT2D eigenvalue weighted by molar-refractivity contribution is -0.118. The summed E-state index contributed by atoms with van der Waals surface area (Å²) in [5.41, 5.74) is 2.56. The molecule has 1 aromatic carbocycles. The average molecular weight is 346 g/mol. The van der Waals surface area contributed by atoms with Crippen LogP contribution in [0.25, 0.3) is 0 Å². The zero-order valence-corrected chi connectivity index (χ0v) is 15.0. The first-order chi connectivity index (χ1) is 11.8. The van der Waals surface area contributed by atoms with Gasteiger partial charge in [-0.05, 0) is 55.5 Å². The van der Waals surface area contributed by atoms with Crippen molar-refractivity contribution in [2.45, 2.75) is 25.8 Å². The van der Waals surface area contributed by atoms with Crippen molar-refractivity contribution in [3.05, 3.63) is 29.8 Å². The molecule has 1 saturated carbocycles. The molecule has 3 fully saturated rings. The fourth-order valence-corrected chi connectivity index (χ4v) is 5.17. The quantitative estimate of drug-likeness (QED) is 0.880. The second-order valence-corrected chi connectivity index (χ2v) is 8.67. The average Bonchev–Trinajstić information content (AvgIpc) is 3.30. The van der Waals surface area contributed by atoms with Crippen LogP contribution >= 0.6 is 11.8 Å². The van der Waals surface area contributed by atoms with Crippen molar-refractivity contribution in [2.24, 2.45) is 11.3 Å². The summed E-state index contributed by atoms with van der Waals surface area (Å²) >= 11 is 2.04. The summed E-state index contributed by atoms with van der Waals surface area (Å²) in [4.78, 5) is 15.1. The zero-order valence-electron chi connectivity index (χ0n) is 14.2. The van der Waals surface area contributed by atoms with Gasteiger partial charge in [0.2, 0.25) is 5.91 Å². The number of anilines is 1. The van der Waals surface area contributed by atoms with Gasteiger partial charge in [-0.3, -0.25) is 9.69 Å². The molecular formula is C19H27N3OS. The molecule has 2 saturated heterocycles. The molecule has 0 radical (unpaired) electrons. The molecule has 1 unspecified atom stereocenters. The van der Waals surface area contributed by atoms with E-state index in [9.17, 15) is 4.79 Å². The Morgan fingerprint density at radius 1 is 1.29 bits per heavy atom. The second-order valence-electron chi connectivity index (χ2n) is 7.45. The van der Waals surface area contributed by atoms with Gasteiger partial charge in [0.1, 0.15) is 0 Å². The third-order valence-electron chi connectivity index (χ3n) is 5.81. The van der Waals surface area contributed by atoms with Gasteiger partial charge in [0, 0.05) is 42.7 Å². The van der Waals surface area contributed by atoms with E-state index in [4.69, 9.17) is 0 Å². The summed E-state index contributed by atoms with van der Waals surface area (Å²) in [5.74, 6) is 2.91. The Kier molecular flexibility index (Phi) is 4.83. The van der Waals surface area contributed by atoms with Crippen LogP contribution in [0.4, 0.5) is 5.69 Å². The van der Waals surface area contributed by atoms with Gasteiger partial charge in [0.15, 0.2) is 0 Å². The van der Waals surface area contributed by atoms with Gasteiger partial charge >= 0.3 is 0 Å². The summed E-state index contributed by atoms with van der Waals surface area (Å²) in [6.45, 7) is 5.45. The fraction of sp³-hybridized carbons (Fsp3) is 0.632. The molecule has 0 aromatic heterocycles. The molecular weight excluding hydrogens is 318 g/mol. The van der Waals surface area contributed by atoms with Gasteiger partial charge in [-0.15, -0.1) is 0 Å². The Labute approximate surface area is 148 Å². The molecule has 2 N–H and O–H groups in total. The SMILES string of the molecule is O=C(Nc1cccc(CN2CCSCC2)c1)C1CC12CCNCC2. The first-order valence-corrected chi connectivity index (χ1v) is 10.3. The van der Waals surface area contributed by atoms with Crippen LogP contribution < -0.4 is 10.6 Å². The van der Waals surface area contributed by atoms with Crippen LogP contribution in [-0.4, -0.2) is 48.5 Å². The Hall–Kier alpha value is -1.04. The van der Waals surface area contributed by atoms with Gasteiger partial charge in [-0.2, -0.15) is 11.8 Å². The van der Waals surface area contributed by atoms with E-state index in [2.05, 4.69) is 33.7 Å². The second kappa shape index (κ2) is 7.06. The number of nitrogens with zero attached hydrogens (tertiary/aromatic N) is 1. The third-order valence-corrected chi connectivity index (χ3v) is 6.75. The number of hydrogen-bond donors (Lipinski definition) is 2. The number of piperidine rings is 1. The van der Waals surface area contributed by atoms with Gasteiger partial charge in [0.25, 0.3) is 0 Å². The van der Waals surface area contributed by atoms with Crippen LogP contribution in [0.2, 0.25) is 0 Å². The Bertz CT molecular complexity index is 594. The lowest BCUT2D eigenvalue weighted by Crippen LogP contribution is -2.32. The summed E-state index contributed by atoms with van der Waals surface area (Å²) in [6, 6.07) is 8.40. The van der Waals surface area contributed by atoms with Crippen LogP contribution in [0.5, 0.6) is 0 Å². The van der Waals surface area contributed by atoms with Crippen molar-refractivity contribution < 1.29 is 4.79 Å². The zero-order chi connectivity index (χ0) is 16.4. The summed E-state index contributed by atoms with van der Waals surface area (Å²) < 4.78 is 0. The monoisotopic (exact) mass is 345 g/mol. The van der Waals surface area contributed by atoms with Gasteiger partial charge < -0.3 is 10.6 Å². The van der Waals surface area contributed by atoms with Crippen molar-refractivity contribution in [2.75, 3.05) is 43.0 Å². The smallest absolute Gasteiger partial charge is 0.228 e. The largest absolute Gasteiger partial charge is 0.326 e. The number of carbonyl (C=O) groups is 1. The Morgan fingerprint density at radius 3 is 2.88 bits per heavy atom. The van der Waals surface area contributed by atoms with E-state index in [0.717, 1.165) is 44.6 Å². The van der Waals surface area contributed by atoms with Gasteiger partial charge in [0.05, 0.1) is 0 Å². The molecule has 1 aromatic rings. The normalized spacial score (nSPS) is 26.2. The highest BCUT2D eigenvalue weighted by molar-refractivity contribution is 7.99. The maximum Gasteiger partial charge on any atom is 0.228 e. The molecule has 2 heterocycles. The van der Waals surface area contributed by atoms with Crippen molar-refractivity contribution in [3.8, 4) is 0 Å². The van der Waals surface area contributed by atoms with Crippen LogP contribution in [0.3, 0.4) is 0 Å². The van der Waals surface area contributed by atoms with Crippen LogP contribution in [0.15, 0.2) is 24.3 Å². The van der Waals surface area contributed by atoms with Crippen molar-refractivity contribution in [1.29, 1.82) is 0 Å². The van der Waals surface area contributed by atoms with Gasteiger partial charge in [-0.25, -0.2) is 0 Å². The Balaban J connectivity index is 1.34. The molecule has 0 bridgehead atoms. The lowest BCUT2D eigenvalue weighted by atomic mass is 9.92. The summed E-state index contributed by atoms with van der Waals surface area (Å²) in [7, 11) is 0. The molecule has 4 nitrogen and oxygen atoms in total. The molecule has 1 aliphatic carbocycles. The van der Waals surface area contributed by atoms with E-state index in [-0.39, 0.29) is 11.8 Å². The summed E-state index contributed by atoms with van der Waals surface area (Å²) in [6.07, 6.45) is 3.38. The van der Waals surface area contributed by atoms with Crippen molar-refractivity contribution >= 4 is 23.4 Å². The lowest BCUT2D eigenvalue weighted by Gasteiger charge is -2.26. The van der Waals surface area contributed by atoms with Crippen LogP contribution in [0.1, 0.15) is 24.8 Å².